The highest BCUT2D eigenvalue weighted by Gasteiger charge is 2.28. The molecule has 3 N–H and O–H groups in total. The van der Waals surface area contributed by atoms with Crippen LogP contribution in [0.1, 0.15) is 48.0 Å². The average Bonchev–Trinajstić information content (AvgIpc) is 3.67. The average molecular weight is 535 g/mol. The molecule has 1 aliphatic rings. The predicted molar refractivity (Wildman–Crippen MR) is 144 cm³/mol. The third-order valence-electron chi connectivity index (χ3n) is 6.81. The van der Waals surface area contributed by atoms with Crippen LogP contribution in [-0.2, 0) is 6.54 Å². The Kier molecular flexibility index (Phi) is 7.18. The van der Waals surface area contributed by atoms with E-state index >= 15 is 4.39 Å². The first-order chi connectivity index (χ1) is 18.7. The van der Waals surface area contributed by atoms with E-state index in [1.54, 1.807) is 32.4 Å². The molecule has 0 radical (unpaired) electrons. The minimum atomic E-state index is -0.456. The van der Waals surface area contributed by atoms with Gasteiger partial charge in [0.05, 0.1) is 11.1 Å². The van der Waals surface area contributed by atoms with E-state index in [2.05, 4.69) is 35.9 Å². The van der Waals surface area contributed by atoms with E-state index in [4.69, 9.17) is 4.52 Å². The van der Waals surface area contributed by atoms with Gasteiger partial charge in [0.15, 0.2) is 11.5 Å². The fourth-order valence-corrected chi connectivity index (χ4v) is 4.57. The minimum Gasteiger partial charge on any atom is -0.352 e. The van der Waals surface area contributed by atoms with Gasteiger partial charge < -0.3 is 25.0 Å². The molecular weight excluding hydrogens is 503 g/mol. The van der Waals surface area contributed by atoms with E-state index in [0.717, 1.165) is 17.4 Å². The number of carbonyl (C=O) groups excluding carboxylic acids is 2. The third-order valence-corrected chi connectivity index (χ3v) is 6.81. The molecule has 12 heteroatoms. The van der Waals surface area contributed by atoms with Crippen molar-refractivity contribution in [2.75, 3.05) is 32.1 Å². The number of hydrogen-bond acceptors (Lipinski definition) is 7. The van der Waals surface area contributed by atoms with Gasteiger partial charge in [0.2, 0.25) is 5.76 Å². The Bertz CT molecular complexity index is 1510. The fourth-order valence-electron chi connectivity index (χ4n) is 4.57. The highest BCUT2D eigenvalue weighted by molar-refractivity contribution is 6.00. The Labute approximate surface area is 224 Å². The van der Waals surface area contributed by atoms with E-state index in [0.29, 0.717) is 41.4 Å². The first kappa shape index (κ1) is 26.1. The lowest BCUT2D eigenvalue weighted by Crippen LogP contribution is -2.42. The summed E-state index contributed by atoms with van der Waals surface area (Å²) in [6, 6.07) is 8.19. The van der Waals surface area contributed by atoms with Crippen molar-refractivity contribution in [1.29, 1.82) is 0 Å². The monoisotopic (exact) mass is 534 g/mol. The molecule has 1 atom stereocenters. The van der Waals surface area contributed by atoms with Crippen LogP contribution in [0, 0.1) is 5.82 Å². The number of amides is 3. The molecule has 1 fully saturated rings. The second kappa shape index (κ2) is 10.7. The van der Waals surface area contributed by atoms with Crippen LogP contribution in [0.4, 0.5) is 15.0 Å². The quantitative estimate of drug-likeness (QED) is 0.330. The van der Waals surface area contributed by atoms with E-state index in [-0.39, 0.29) is 30.3 Å². The van der Waals surface area contributed by atoms with Gasteiger partial charge in [-0.2, -0.15) is 5.10 Å². The smallest absolute Gasteiger partial charge is 0.317 e. The number of pyridine rings is 1. The van der Waals surface area contributed by atoms with Crippen LogP contribution in [0.25, 0.3) is 22.2 Å². The maximum absolute atomic E-state index is 15.2. The van der Waals surface area contributed by atoms with Crippen LogP contribution in [0.5, 0.6) is 0 Å². The van der Waals surface area contributed by atoms with Crippen LogP contribution < -0.4 is 15.5 Å². The van der Waals surface area contributed by atoms with Crippen LogP contribution in [-0.4, -0.2) is 70.4 Å². The number of aromatic nitrogens is 4. The molecule has 1 saturated heterocycles. The van der Waals surface area contributed by atoms with Gasteiger partial charge in [-0.15, -0.1) is 0 Å². The number of carbonyl (C=O) groups is 2. The molecule has 4 aromatic rings. The maximum atomic E-state index is 15.2. The molecular formula is C27H31FN8O3. The number of nitrogens with one attached hydrogen (secondary N) is 3. The molecule has 0 aliphatic carbocycles. The zero-order chi connectivity index (χ0) is 27.7. The molecule has 0 bridgehead atoms. The van der Waals surface area contributed by atoms with Crippen molar-refractivity contribution >= 4 is 28.8 Å². The summed E-state index contributed by atoms with van der Waals surface area (Å²) in [6.07, 6.45) is 2.43. The number of hydrogen-bond donors (Lipinski definition) is 3. The Balaban J connectivity index is 1.33. The number of fused-ring (bicyclic) bond motifs is 1. The molecule has 0 saturated carbocycles. The van der Waals surface area contributed by atoms with Crippen LogP contribution in [0.2, 0.25) is 0 Å². The van der Waals surface area contributed by atoms with Crippen molar-refractivity contribution in [2.24, 2.45) is 0 Å². The lowest BCUT2D eigenvalue weighted by molar-refractivity contribution is 0.0913. The second-order valence-electron chi connectivity index (χ2n) is 10.2. The van der Waals surface area contributed by atoms with Gasteiger partial charge in [-0.3, -0.25) is 9.89 Å². The van der Waals surface area contributed by atoms with Gasteiger partial charge in [-0.1, -0.05) is 31.1 Å². The summed E-state index contributed by atoms with van der Waals surface area (Å²) < 4.78 is 20.3. The zero-order valence-corrected chi connectivity index (χ0v) is 22.3. The molecule has 1 aromatic carbocycles. The fraction of sp³-hybridized carbons (Fsp3) is 0.370. The molecule has 0 unspecified atom stereocenters. The van der Waals surface area contributed by atoms with Crippen LogP contribution in [0.15, 0.2) is 41.1 Å². The van der Waals surface area contributed by atoms with Crippen molar-refractivity contribution in [3.8, 4) is 11.1 Å². The Morgan fingerprint density at radius 2 is 2.08 bits per heavy atom. The zero-order valence-electron chi connectivity index (χ0n) is 22.3. The molecule has 4 heterocycles. The summed E-state index contributed by atoms with van der Waals surface area (Å²) in [4.78, 5) is 32.5. The van der Waals surface area contributed by atoms with Crippen molar-refractivity contribution in [3.05, 3.63) is 59.4 Å². The van der Waals surface area contributed by atoms with Crippen molar-refractivity contribution in [2.45, 2.75) is 38.8 Å². The highest BCUT2D eigenvalue weighted by Crippen LogP contribution is 2.35. The van der Waals surface area contributed by atoms with E-state index < -0.39 is 11.7 Å². The molecule has 39 heavy (non-hydrogen) atoms. The summed E-state index contributed by atoms with van der Waals surface area (Å²) in [7, 11) is 3.41. The number of aromatic amines is 1. The molecule has 3 amide bonds. The summed E-state index contributed by atoms with van der Waals surface area (Å²) in [6.45, 7) is 5.22. The van der Waals surface area contributed by atoms with E-state index in [1.807, 2.05) is 26.0 Å². The van der Waals surface area contributed by atoms with Crippen LogP contribution >= 0.6 is 0 Å². The maximum Gasteiger partial charge on any atom is 0.317 e. The summed E-state index contributed by atoms with van der Waals surface area (Å²) in [5, 5.41) is 17.9. The van der Waals surface area contributed by atoms with Gasteiger partial charge in [-0.05, 0) is 35.6 Å². The second-order valence-corrected chi connectivity index (χ2v) is 10.2. The van der Waals surface area contributed by atoms with Crippen molar-refractivity contribution in [1.82, 2.24) is 35.9 Å². The van der Waals surface area contributed by atoms with Gasteiger partial charge >= 0.3 is 6.03 Å². The first-order valence-electron chi connectivity index (χ1n) is 12.8. The number of H-pyrrole nitrogens is 1. The SMILES string of the molecule is CC(C)c1cc(C(=O)NCc2ccc(-c3ccnc4[nH]nc(N5CC[C@@H](NC(=O)N(C)C)C5)c34)cc2F)on1. The largest absolute Gasteiger partial charge is 0.352 e. The Morgan fingerprint density at radius 1 is 1.26 bits per heavy atom. The number of urea groups is 1. The normalized spacial score (nSPS) is 15.2. The Hall–Kier alpha value is -4.48. The van der Waals surface area contributed by atoms with Gasteiger partial charge in [0, 0.05) is 57.6 Å². The highest BCUT2D eigenvalue weighted by atomic mass is 19.1. The summed E-state index contributed by atoms with van der Waals surface area (Å²) in [5.41, 5.74) is 3.05. The first-order valence-corrected chi connectivity index (χ1v) is 12.8. The molecule has 3 aromatic heterocycles. The molecule has 1 aliphatic heterocycles. The van der Waals surface area contributed by atoms with Gasteiger partial charge in [0.25, 0.3) is 5.91 Å². The number of nitrogens with zero attached hydrogens (tertiary/aromatic N) is 5. The number of halogens is 1. The van der Waals surface area contributed by atoms with Crippen LogP contribution in [0.3, 0.4) is 0 Å². The van der Waals surface area contributed by atoms with E-state index in [1.165, 1.54) is 11.0 Å². The Morgan fingerprint density at radius 3 is 2.79 bits per heavy atom. The van der Waals surface area contributed by atoms with Crippen molar-refractivity contribution < 1.29 is 18.5 Å². The molecule has 5 rings (SSSR count). The topological polar surface area (TPSA) is 132 Å². The third kappa shape index (κ3) is 5.40. The molecule has 0 spiro atoms. The minimum absolute atomic E-state index is 0.000784. The summed E-state index contributed by atoms with van der Waals surface area (Å²) in [5.74, 6) is 0.0250. The number of benzene rings is 1. The van der Waals surface area contributed by atoms with E-state index in [9.17, 15) is 9.59 Å². The molecule has 11 nitrogen and oxygen atoms in total. The predicted octanol–water partition coefficient (Wildman–Crippen LogP) is 3.66. The lowest BCUT2D eigenvalue weighted by atomic mass is 10.0. The van der Waals surface area contributed by atoms with Gasteiger partial charge in [0.1, 0.15) is 5.82 Å². The van der Waals surface area contributed by atoms with Crippen molar-refractivity contribution in [3.63, 3.8) is 0 Å². The molecule has 204 valence electrons. The lowest BCUT2D eigenvalue weighted by Gasteiger charge is -2.19. The summed E-state index contributed by atoms with van der Waals surface area (Å²) >= 11 is 0. The standard InChI is InChI=1S/C27H31FN8O3/c1-15(2)21-12-22(39-34-21)26(37)30-13-17-6-5-16(11-20(17)28)19-7-9-29-24-23(19)25(33-32-24)36-10-8-18(14-36)31-27(38)35(3)4/h5-7,9,11-12,15,18H,8,10,13-14H2,1-4H3,(H,30,37)(H,31,38)(H,29,32,33)/t18-/m1/s1. The number of rotatable bonds is 7. The number of anilines is 1. The van der Waals surface area contributed by atoms with Gasteiger partial charge in [-0.25, -0.2) is 14.2 Å².